The van der Waals surface area contributed by atoms with E-state index in [1.54, 1.807) is 20.8 Å². The molecule has 6 nitrogen and oxygen atoms in total. The van der Waals surface area contributed by atoms with Crippen molar-refractivity contribution in [2.45, 2.75) is 45.8 Å². The molecule has 2 N–H and O–H groups in total. The lowest BCUT2D eigenvalue weighted by molar-refractivity contribution is -0.139. The molecule has 1 amide bonds. The van der Waals surface area contributed by atoms with Crippen LogP contribution in [0.5, 0.6) is 5.75 Å². The topological polar surface area (TPSA) is 84.9 Å². The lowest BCUT2D eigenvalue weighted by Gasteiger charge is -2.23. The smallest absolute Gasteiger partial charge is 0.408 e. The Kier molecular flexibility index (Phi) is 6.08. The molecule has 1 unspecified atom stereocenters. The van der Waals surface area contributed by atoms with Crippen LogP contribution in [-0.2, 0) is 16.0 Å². The molecule has 0 aliphatic heterocycles. The number of rotatable bonds is 6. The van der Waals surface area contributed by atoms with Crippen LogP contribution in [0.15, 0.2) is 36.4 Å². The van der Waals surface area contributed by atoms with Gasteiger partial charge in [0.15, 0.2) is 0 Å². The SMILES string of the molecule is CCOc1ccc2ccccc2c1CC(NC(=O)OC(C)(C)C)C(=O)O. The van der Waals surface area contributed by atoms with Crippen molar-refractivity contribution in [2.24, 2.45) is 0 Å². The van der Waals surface area contributed by atoms with Crippen LogP contribution in [0.1, 0.15) is 33.3 Å². The predicted molar refractivity (Wildman–Crippen MR) is 99.6 cm³/mol. The lowest BCUT2D eigenvalue weighted by Crippen LogP contribution is -2.44. The maximum atomic E-state index is 12.0. The van der Waals surface area contributed by atoms with E-state index in [1.165, 1.54) is 0 Å². The highest BCUT2D eigenvalue weighted by Gasteiger charge is 2.26. The molecule has 1 atom stereocenters. The highest BCUT2D eigenvalue weighted by molar-refractivity contribution is 5.89. The number of aliphatic carboxylic acids is 1. The van der Waals surface area contributed by atoms with Gasteiger partial charge in [-0.1, -0.05) is 30.3 Å². The summed E-state index contributed by atoms with van der Waals surface area (Å²) in [4.78, 5) is 23.7. The number of hydrogen-bond donors (Lipinski definition) is 2. The fourth-order valence-corrected chi connectivity index (χ4v) is 2.67. The van der Waals surface area contributed by atoms with Crippen LogP contribution in [0.2, 0.25) is 0 Å². The highest BCUT2D eigenvalue weighted by atomic mass is 16.6. The first-order chi connectivity index (χ1) is 12.2. The largest absolute Gasteiger partial charge is 0.494 e. The Bertz CT molecular complexity index is 794. The minimum atomic E-state index is -1.13. The van der Waals surface area contributed by atoms with Gasteiger partial charge in [-0.3, -0.25) is 0 Å². The second-order valence-electron chi connectivity index (χ2n) is 6.94. The summed E-state index contributed by atoms with van der Waals surface area (Å²) in [7, 11) is 0. The lowest BCUT2D eigenvalue weighted by atomic mass is 9.97. The third kappa shape index (κ3) is 5.12. The Morgan fingerprint density at radius 3 is 2.46 bits per heavy atom. The molecule has 0 aliphatic carbocycles. The van der Waals surface area contributed by atoms with Gasteiger partial charge in [-0.2, -0.15) is 0 Å². The van der Waals surface area contributed by atoms with E-state index >= 15 is 0 Å². The normalized spacial score (nSPS) is 12.5. The number of carboxylic acid groups (broad SMARTS) is 1. The predicted octanol–water partition coefficient (Wildman–Crippen LogP) is 3.76. The summed E-state index contributed by atoms with van der Waals surface area (Å²) in [5.41, 5.74) is 0.0386. The average Bonchev–Trinajstić information content (AvgIpc) is 2.54. The molecule has 0 fully saturated rings. The standard InChI is InChI=1S/C20H25NO5/c1-5-25-17-11-10-13-8-6-7-9-14(13)15(17)12-16(18(22)23)21-19(24)26-20(2,3)4/h6-11,16H,5,12H2,1-4H3,(H,21,24)(H,22,23). The van der Waals surface area contributed by atoms with Gasteiger partial charge in [-0.05, 0) is 44.5 Å². The molecule has 0 bridgehead atoms. The number of alkyl carbamates (subject to hydrolysis) is 1. The molecule has 2 aromatic rings. The maximum absolute atomic E-state index is 12.0. The molecule has 2 aromatic carbocycles. The fraction of sp³-hybridized carbons (Fsp3) is 0.400. The number of carboxylic acids is 1. The van der Waals surface area contributed by atoms with Gasteiger partial charge in [0.2, 0.25) is 0 Å². The third-order valence-corrected chi connectivity index (χ3v) is 3.69. The van der Waals surface area contributed by atoms with Gasteiger partial charge in [0.1, 0.15) is 17.4 Å². The second-order valence-corrected chi connectivity index (χ2v) is 6.94. The van der Waals surface area contributed by atoms with E-state index in [9.17, 15) is 14.7 Å². The van der Waals surface area contributed by atoms with Gasteiger partial charge in [-0.15, -0.1) is 0 Å². The summed E-state index contributed by atoms with van der Waals surface area (Å²) >= 11 is 0. The summed E-state index contributed by atoms with van der Waals surface area (Å²) in [6, 6.07) is 10.3. The van der Waals surface area contributed by atoms with E-state index in [-0.39, 0.29) is 6.42 Å². The van der Waals surface area contributed by atoms with Crippen molar-refractivity contribution >= 4 is 22.8 Å². The van der Waals surface area contributed by atoms with Crippen molar-refractivity contribution in [3.63, 3.8) is 0 Å². The van der Waals surface area contributed by atoms with Crippen molar-refractivity contribution in [1.29, 1.82) is 0 Å². The molecule has 0 aromatic heterocycles. The molecule has 0 aliphatic rings. The van der Waals surface area contributed by atoms with Crippen LogP contribution in [0.25, 0.3) is 10.8 Å². The Balaban J connectivity index is 2.34. The molecular formula is C20H25NO5. The van der Waals surface area contributed by atoms with Gasteiger partial charge in [0, 0.05) is 12.0 Å². The zero-order valence-corrected chi connectivity index (χ0v) is 15.5. The molecule has 26 heavy (non-hydrogen) atoms. The minimum absolute atomic E-state index is 0.0886. The Labute approximate surface area is 153 Å². The second kappa shape index (κ2) is 8.08. The third-order valence-electron chi connectivity index (χ3n) is 3.69. The average molecular weight is 359 g/mol. The molecule has 0 spiro atoms. The summed E-state index contributed by atoms with van der Waals surface area (Å²) in [6.45, 7) is 7.50. The van der Waals surface area contributed by atoms with Crippen LogP contribution in [0.3, 0.4) is 0 Å². The van der Waals surface area contributed by atoms with Gasteiger partial charge < -0.3 is 19.9 Å². The van der Waals surface area contributed by atoms with Crippen LogP contribution in [0, 0.1) is 0 Å². The first kappa shape index (κ1) is 19.6. The molecule has 2 rings (SSSR count). The number of fused-ring (bicyclic) bond motifs is 1. The first-order valence-electron chi connectivity index (χ1n) is 8.57. The monoisotopic (exact) mass is 359 g/mol. The molecular weight excluding hydrogens is 334 g/mol. The van der Waals surface area contributed by atoms with Gasteiger partial charge >= 0.3 is 12.1 Å². The number of hydrogen-bond acceptors (Lipinski definition) is 4. The molecule has 0 saturated heterocycles. The number of benzene rings is 2. The number of carbonyl (C=O) groups is 2. The number of ether oxygens (including phenoxy) is 2. The van der Waals surface area contributed by atoms with Gasteiger partial charge in [-0.25, -0.2) is 9.59 Å². The van der Waals surface area contributed by atoms with E-state index in [4.69, 9.17) is 9.47 Å². The molecule has 140 valence electrons. The quantitative estimate of drug-likeness (QED) is 0.820. The summed E-state index contributed by atoms with van der Waals surface area (Å²) in [5, 5.41) is 13.9. The Morgan fingerprint density at radius 1 is 1.15 bits per heavy atom. The van der Waals surface area contributed by atoms with E-state index < -0.39 is 23.7 Å². The summed E-state index contributed by atoms with van der Waals surface area (Å²) in [5.74, 6) is -0.519. The zero-order chi connectivity index (χ0) is 19.3. The van der Waals surface area contributed by atoms with Crippen molar-refractivity contribution in [3.05, 3.63) is 42.0 Å². The van der Waals surface area contributed by atoms with Crippen LogP contribution >= 0.6 is 0 Å². The van der Waals surface area contributed by atoms with Crippen molar-refractivity contribution in [3.8, 4) is 5.75 Å². The number of nitrogens with one attached hydrogen (secondary N) is 1. The van der Waals surface area contributed by atoms with E-state index in [0.29, 0.717) is 12.4 Å². The van der Waals surface area contributed by atoms with E-state index in [0.717, 1.165) is 16.3 Å². The van der Waals surface area contributed by atoms with E-state index in [1.807, 2.05) is 43.3 Å². The summed E-state index contributed by atoms with van der Waals surface area (Å²) in [6.07, 6.45) is -0.672. The number of amides is 1. The maximum Gasteiger partial charge on any atom is 0.408 e. The molecule has 0 saturated carbocycles. The summed E-state index contributed by atoms with van der Waals surface area (Å²) < 4.78 is 10.9. The Hall–Kier alpha value is -2.76. The number of carbonyl (C=O) groups excluding carboxylic acids is 1. The molecule has 6 heteroatoms. The van der Waals surface area contributed by atoms with Crippen LogP contribution < -0.4 is 10.1 Å². The van der Waals surface area contributed by atoms with Crippen LogP contribution in [-0.4, -0.2) is 35.4 Å². The molecule has 0 radical (unpaired) electrons. The van der Waals surface area contributed by atoms with Gasteiger partial charge in [0.05, 0.1) is 6.61 Å². The van der Waals surface area contributed by atoms with Crippen LogP contribution in [0.4, 0.5) is 4.79 Å². The fourth-order valence-electron chi connectivity index (χ4n) is 2.67. The van der Waals surface area contributed by atoms with Crippen molar-refractivity contribution < 1.29 is 24.2 Å². The minimum Gasteiger partial charge on any atom is -0.494 e. The zero-order valence-electron chi connectivity index (χ0n) is 15.5. The Morgan fingerprint density at radius 2 is 1.85 bits per heavy atom. The van der Waals surface area contributed by atoms with Gasteiger partial charge in [0.25, 0.3) is 0 Å². The van der Waals surface area contributed by atoms with Crippen molar-refractivity contribution in [1.82, 2.24) is 5.32 Å². The van der Waals surface area contributed by atoms with Crippen molar-refractivity contribution in [2.75, 3.05) is 6.61 Å². The molecule has 0 heterocycles. The van der Waals surface area contributed by atoms with E-state index in [2.05, 4.69) is 5.32 Å². The first-order valence-corrected chi connectivity index (χ1v) is 8.57. The highest BCUT2D eigenvalue weighted by Crippen LogP contribution is 2.29.